The van der Waals surface area contributed by atoms with Gasteiger partial charge in [0.15, 0.2) is 5.69 Å². The molecule has 0 bridgehead atoms. The molecule has 1 aliphatic rings. The first-order valence-corrected chi connectivity index (χ1v) is 14.2. The highest BCUT2D eigenvalue weighted by Gasteiger charge is 2.28. The van der Waals surface area contributed by atoms with E-state index in [2.05, 4.69) is 15.3 Å². The lowest BCUT2D eigenvalue weighted by Crippen LogP contribution is -2.51. The van der Waals surface area contributed by atoms with Gasteiger partial charge in [-0.3, -0.25) is 14.5 Å². The number of fused-ring (bicyclic) bond motifs is 1. The summed E-state index contributed by atoms with van der Waals surface area (Å²) in [6.45, 7) is 8.85. The number of aliphatic hydroxyl groups excluding tert-OH is 1. The number of carbonyl (C=O) groups is 1. The zero-order valence-electron chi connectivity index (χ0n) is 23.2. The Kier molecular flexibility index (Phi) is 8.23. The Hall–Kier alpha value is -3.65. The Labute approximate surface area is 239 Å². The van der Waals surface area contributed by atoms with E-state index in [1.54, 1.807) is 23.0 Å². The summed E-state index contributed by atoms with van der Waals surface area (Å²) in [7, 11) is 0. The van der Waals surface area contributed by atoms with E-state index in [9.17, 15) is 24.2 Å². The predicted octanol–water partition coefficient (Wildman–Crippen LogP) is 2.62. The van der Waals surface area contributed by atoms with Crippen molar-refractivity contribution in [3.8, 4) is 16.5 Å². The molecule has 3 unspecified atom stereocenters. The number of aromatic nitrogens is 4. The first-order valence-electron chi connectivity index (χ1n) is 13.4. The number of amides is 1. The molecule has 1 aromatic carbocycles. The van der Waals surface area contributed by atoms with E-state index in [0.717, 1.165) is 4.88 Å². The number of hydrogen-bond acceptors (Lipinski definition) is 9. The van der Waals surface area contributed by atoms with E-state index >= 15 is 0 Å². The average molecular weight is 585 g/mol. The summed E-state index contributed by atoms with van der Waals surface area (Å²) in [4.78, 5) is 37.3. The van der Waals surface area contributed by atoms with Crippen LogP contribution in [0.25, 0.3) is 16.5 Å². The van der Waals surface area contributed by atoms with Crippen molar-refractivity contribution in [2.75, 3.05) is 13.1 Å². The molecule has 4 heterocycles. The molecule has 41 heavy (non-hydrogen) atoms. The van der Waals surface area contributed by atoms with Crippen LogP contribution in [0.3, 0.4) is 0 Å². The van der Waals surface area contributed by atoms with Crippen LogP contribution in [0.2, 0.25) is 0 Å². The van der Waals surface area contributed by atoms with Crippen LogP contribution in [0.1, 0.15) is 48.5 Å². The molecule has 13 heteroatoms. The summed E-state index contributed by atoms with van der Waals surface area (Å²) < 4.78 is 22.6. The number of nitrogens with zero attached hydrogens (tertiary/aromatic N) is 5. The monoisotopic (exact) mass is 584 g/mol. The lowest BCUT2D eigenvalue weighted by atomic mass is 10.0. The average Bonchev–Trinajstić information content (AvgIpc) is 3.53. The van der Waals surface area contributed by atoms with Crippen molar-refractivity contribution in [1.29, 1.82) is 0 Å². The molecule has 11 nitrogen and oxygen atoms in total. The lowest BCUT2D eigenvalue weighted by molar-refractivity contribution is -0.123. The third-order valence-corrected chi connectivity index (χ3v) is 7.82. The van der Waals surface area contributed by atoms with Gasteiger partial charge in [0.25, 0.3) is 5.91 Å². The smallest absolute Gasteiger partial charge is 0.302 e. The first kappa shape index (κ1) is 28.9. The van der Waals surface area contributed by atoms with Gasteiger partial charge in [0.1, 0.15) is 17.1 Å². The number of rotatable bonds is 8. The third kappa shape index (κ3) is 6.17. The SMILES string of the molecule is CC(C)NC(=O)c1cc(F)ccc1Cc1cnc(-c2nc3n(CC(O)N4CC(C)OC(C)C4)ccn3c(=O)c2O)s1. The van der Waals surface area contributed by atoms with E-state index in [0.29, 0.717) is 30.1 Å². The highest BCUT2D eigenvalue weighted by Crippen LogP contribution is 2.31. The topological polar surface area (TPSA) is 134 Å². The van der Waals surface area contributed by atoms with Crippen molar-refractivity contribution in [2.24, 2.45) is 0 Å². The molecule has 4 aromatic rings. The number of halogens is 1. The number of aromatic hydroxyl groups is 1. The van der Waals surface area contributed by atoms with Gasteiger partial charge < -0.3 is 24.8 Å². The van der Waals surface area contributed by atoms with Gasteiger partial charge in [0.05, 0.1) is 18.8 Å². The number of benzene rings is 1. The molecule has 3 atom stereocenters. The van der Waals surface area contributed by atoms with Gasteiger partial charge in [-0.2, -0.15) is 0 Å². The fourth-order valence-electron chi connectivity index (χ4n) is 5.05. The third-order valence-electron chi connectivity index (χ3n) is 6.81. The number of nitrogens with one attached hydrogen (secondary N) is 1. The van der Waals surface area contributed by atoms with E-state index in [1.165, 1.54) is 34.1 Å². The summed E-state index contributed by atoms with van der Waals surface area (Å²) in [6, 6.07) is 3.95. The Balaban J connectivity index is 1.42. The largest absolute Gasteiger partial charge is 0.501 e. The molecule has 1 fully saturated rings. The lowest BCUT2D eigenvalue weighted by Gasteiger charge is -2.38. The van der Waals surface area contributed by atoms with Crippen molar-refractivity contribution < 1.29 is 24.1 Å². The van der Waals surface area contributed by atoms with Crippen LogP contribution >= 0.6 is 11.3 Å². The second-order valence-electron chi connectivity index (χ2n) is 10.7. The fraction of sp³-hybridized carbons (Fsp3) is 0.429. The Morgan fingerprint density at radius 1 is 1.24 bits per heavy atom. The molecule has 0 aliphatic carbocycles. The molecule has 3 aromatic heterocycles. The standard InChI is InChI=1S/C28H33FN6O5S/c1-15(2)31-25(38)21-10-19(29)6-5-18(21)9-20-11-30-26(41-20)23-24(37)27(39)35-8-7-33(28(35)32-23)14-22(36)34-12-16(3)40-17(4)13-34/h5-8,10-11,15-17,22,36-37H,9,12-14H2,1-4H3,(H,31,38). The summed E-state index contributed by atoms with van der Waals surface area (Å²) in [5, 5.41) is 24.8. The molecule has 0 saturated carbocycles. The van der Waals surface area contributed by atoms with Crippen LogP contribution in [-0.4, -0.2) is 77.5 Å². The number of morpholine rings is 1. The predicted molar refractivity (Wildman–Crippen MR) is 152 cm³/mol. The van der Waals surface area contributed by atoms with Gasteiger partial charge >= 0.3 is 5.56 Å². The number of imidazole rings is 1. The second kappa shape index (κ2) is 11.7. The summed E-state index contributed by atoms with van der Waals surface area (Å²) in [5.41, 5.74) is 0.206. The van der Waals surface area contributed by atoms with Gasteiger partial charge in [-0.1, -0.05) is 6.07 Å². The molecule has 5 rings (SSSR count). The molecular weight excluding hydrogens is 551 g/mol. The minimum absolute atomic E-state index is 0.0196. The summed E-state index contributed by atoms with van der Waals surface area (Å²) >= 11 is 1.21. The molecular formula is C28H33FN6O5S. The number of thiazole rings is 1. The van der Waals surface area contributed by atoms with Crippen molar-refractivity contribution in [2.45, 2.75) is 65.1 Å². The van der Waals surface area contributed by atoms with E-state index in [-0.39, 0.29) is 47.7 Å². The summed E-state index contributed by atoms with van der Waals surface area (Å²) in [6.07, 6.45) is 4.13. The van der Waals surface area contributed by atoms with Gasteiger partial charge in [-0.05, 0) is 45.4 Å². The van der Waals surface area contributed by atoms with E-state index in [4.69, 9.17) is 4.74 Å². The minimum atomic E-state index is -0.835. The highest BCUT2D eigenvalue weighted by atomic mass is 32.1. The van der Waals surface area contributed by atoms with Crippen LogP contribution in [0, 0.1) is 5.82 Å². The molecule has 1 aliphatic heterocycles. The van der Waals surface area contributed by atoms with E-state index < -0.39 is 23.4 Å². The molecule has 3 N–H and O–H groups in total. The zero-order valence-corrected chi connectivity index (χ0v) is 24.1. The molecule has 1 saturated heterocycles. The fourth-order valence-corrected chi connectivity index (χ4v) is 5.97. The van der Waals surface area contributed by atoms with Crippen molar-refractivity contribution >= 4 is 23.0 Å². The quantitative estimate of drug-likeness (QED) is 0.288. The van der Waals surface area contributed by atoms with Crippen molar-refractivity contribution in [3.05, 3.63) is 69.0 Å². The minimum Gasteiger partial charge on any atom is -0.501 e. The maximum Gasteiger partial charge on any atom is 0.302 e. The van der Waals surface area contributed by atoms with Crippen LogP contribution in [-0.2, 0) is 17.7 Å². The Morgan fingerprint density at radius 3 is 2.68 bits per heavy atom. The Bertz CT molecular complexity index is 1620. The van der Waals surface area contributed by atoms with Crippen molar-refractivity contribution in [3.63, 3.8) is 0 Å². The molecule has 218 valence electrons. The van der Waals surface area contributed by atoms with Gasteiger partial charge in [-0.25, -0.2) is 18.8 Å². The zero-order chi connectivity index (χ0) is 29.4. The van der Waals surface area contributed by atoms with Crippen LogP contribution < -0.4 is 10.9 Å². The Morgan fingerprint density at radius 2 is 1.98 bits per heavy atom. The van der Waals surface area contributed by atoms with Gasteiger partial charge in [0, 0.05) is 54.6 Å². The normalized spacial score (nSPS) is 18.7. The number of hydrogen-bond donors (Lipinski definition) is 3. The van der Waals surface area contributed by atoms with E-state index in [1.807, 2.05) is 32.6 Å². The van der Waals surface area contributed by atoms with Gasteiger partial charge in [0.2, 0.25) is 11.5 Å². The second-order valence-corrected chi connectivity index (χ2v) is 11.8. The van der Waals surface area contributed by atoms with Crippen LogP contribution in [0.5, 0.6) is 5.75 Å². The first-order chi connectivity index (χ1) is 19.5. The van der Waals surface area contributed by atoms with Gasteiger partial charge in [-0.15, -0.1) is 11.3 Å². The maximum absolute atomic E-state index is 14.0. The van der Waals surface area contributed by atoms with Crippen molar-refractivity contribution in [1.82, 2.24) is 29.2 Å². The molecule has 0 radical (unpaired) electrons. The maximum atomic E-state index is 14.0. The highest BCUT2D eigenvalue weighted by molar-refractivity contribution is 7.15. The number of ether oxygens (including phenoxy) is 1. The van der Waals surface area contributed by atoms with Crippen LogP contribution in [0.4, 0.5) is 4.39 Å². The summed E-state index contributed by atoms with van der Waals surface area (Å²) in [5.74, 6) is -1.18. The molecule has 0 spiro atoms. The number of carbonyl (C=O) groups excluding carboxylic acids is 1. The molecule has 1 amide bonds. The number of aliphatic hydroxyl groups is 1. The van der Waals surface area contributed by atoms with Crippen LogP contribution in [0.15, 0.2) is 41.6 Å².